The zero-order valence-electron chi connectivity index (χ0n) is 10.4. The van der Waals surface area contributed by atoms with Gasteiger partial charge in [0.25, 0.3) is 0 Å². The van der Waals surface area contributed by atoms with E-state index in [1.165, 1.54) is 0 Å². The van der Waals surface area contributed by atoms with Crippen molar-refractivity contribution in [3.63, 3.8) is 0 Å². The third kappa shape index (κ3) is 4.66. The number of likely N-dealkylation sites (N-methyl/N-ethyl adjacent to an activating group) is 1. The zero-order valence-corrected chi connectivity index (χ0v) is 11.9. The van der Waals surface area contributed by atoms with Crippen molar-refractivity contribution in [2.24, 2.45) is 0 Å². The van der Waals surface area contributed by atoms with Gasteiger partial charge in [0.15, 0.2) is 10.3 Å². The summed E-state index contributed by atoms with van der Waals surface area (Å²) in [4.78, 5) is 2.34. The predicted octanol–water partition coefficient (Wildman–Crippen LogP) is 2.93. The Kier molecular flexibility index (Phi) is 5.95. The minimum atomic E-state index is 0.271. The first-order valence-corrected chi connectivity index (χ1v) is 6.50. The van der Waals surface area contributed by atoms with Crippen LogP contribution in [0.25, 0.3) is 0 Å². The SMILES string of the molecule is CCN(CC)CC(C)Nc1cc(Cl)nnc1Cl. The lowest BCUT2D eigenvalue weighted by Crippen LogP contribution is -2.34. The molecule has 0 saturated carbocycles. The second-order valence-electron chi connectivity index (χ2n) is 3.90. The molecule has 1 rings (SSSR count). The molecule has 1 aromatic rings. The quantitative estimate of drug-likeness (QED) is 0.868. The molecule has 0 amide bonds. The summed E-state index contributed by atoms with van der Waals surface area (Å²) < 4.78 is 0. The number of hydrogen-bond donors (Lipinski definition) is 1. The average Bonchev–Trinajstić information content (AvgIpc) is 2.31. The molecule has 0 aliphatic heterocycles. The molecule has 0 saturated heterocycles. The van der Waals surface area contributed by atoms with Gasteiger partial charge in [-0.2, -0.15) is 0 Å². The molecule has 0 radical (unpaired) electrons. The van der Waals surface area contributed by atoms with Crippen molar-refractivity contribution >= 4 is 28.9 Å². The Balaban J connectivity index is 2.61. The molecule has 0 fully saturated rings. The van der Waals surface area contributed by atoms with Crippen molar-refractivity contribution in [2.75, 3.05) is 25.0 Å². The number of rotatable bonds is 6. The van der Waals surface area contributed by atoms with Crippen LogP contribution in [-0.4, -0.2) is 40.8 Å². The maximum Gasteiger partial charge on any atom is 0.174 e. The van der Waals surface area contributed by atoms with Crippen molar-refractivity contribution in [2.45, 2.75) is 26.8 Å². The number of hydrogen-bond acceptors (Lipinski definition) is 4. The summed E-state index contributed by atoms with van der Waals surface area (Å²) in [5.74, 6) is 0. The van der Waals surface area contributed by atoms with E-state index in [1.54, 1.807) is 6.07 Å². The Morgan fingerprint density at radius 1 is 1.29 bits per heavy atom. The summed E-state index contributed by atoms with van der Waals surface area (Å²) in [5, 5.41) is 11.4. The molecule has 1 N–H and O–H groups in total. The molecule has 96 valence electrons. The number of nitrogens with one attached hydrogen (secondary N) is 1. The molecule has 0 aromatic carbocycles. The topological polar surface area (TPSA) is 41.0 Å². The molecule has 17 heavy (non-hydrogen) atoms. The standard InChI is InChI=1S/C11H18Cl2N4/c1-4-17(5-2)7-8(3)14-9-6-10(12)15-16-11(9)13/h6,8H,4-5,7H2,1-3H3,(H,14,15). The maximum atomic E-state index is 5.94. The van der Waals surface area contributed by atoms with Crippen molar-refractivity contribution in [3.8, 4) is 0 Å². The predicted molar refractivity (Wildman–Crippen MR) is 72.9 cm³/mol. The van der Waals surface area contributed by atoms with Gasteiger partial charge in [0.05, 0.1) is 5.69 Å². The van der Waals surface area contributed by atoms with Gasteiger partial charge in [0.2, 0.25) is 0 Å². The van der Waals surface area contributed by atoms with Crippen molar-refractivity contribution in [1.29, 1.82) is 0 Å². The smallest absolute Gasteiger partial charge is 0.174 e. The molecule has 1 unspecified atom stereocenters. The van der Waals surface area contributed by atoms with Gasteiger partial charge in [0.1, 0.15) is 0 Å². The van der Waals surface area contributed by atoms with E-state index in [4.69, 9.17) is 23.2 Å². The third-order valence-electron chi connectivity index (χ3n) is 2.55. The molecular formula is C11H18Cl2N4. The van der Waals surface area contributed by atoms with E-state index in [1.807, 2.05) is 0 Å². The number of aromatic nitrogens is 2. The van der Waals surface area contributed by atoms with Crippen LogP contribution >= 0.6 is 23.2 Å². The number of halogens is 2. The van der Waals surface area contributed by atoms with E-state index in [9.17, 15) is 0 Å². The lowest BCUT2D eigenvalue weighted by Gasteiger charge is -2.24. The summed E-state index contributed by atoms with van der Waals surface area (Å²) in [7, 11) is 0. The summed E-state index contributed by atoms with van der Waals surface area (Å²) in [6.45, 7) is 9.41. The number of anilines is 1. The van der Waals surface area contributed by atoms with Gasteiger partial charge in [-0.3, -0.25) is 0 Å². The van der Waals surface area contributed by atoms with Crippen LogP contribution in [0.3, 0.4) is 0 Å². The van der Waals surface area contributed by atoms with Gasteiger partial charge in [-0.15, -0.1) is 10.2 Å². The zero-order chi connectivity index (χ0) is 12.8. The monoisotopic (exact) mass is 276 g/mol. The Labute approximate surface area is 112 Å². The highest BCUT2D eigenvalue weighted by atomic mass is 35.5. The average molecular weight is 277 g/mol. The Morgan fingerprint density at radius 2 is 1.94 bits per heavy atom. The van der Waals surface area contributed by atoms with Crippen LogP contribution in [0.4, 0.5) is 5.69 Å². The summed E-state index contributed by atoms with van der Waals surface area (Å²) >= 11 is 11.7. The fourth-order valence-corrected chi connectivity index (χ4v) is 1.93. The van der Waals surface area contributed by atoms with E-state index in [0.717, 1.165) is 25.3 Å². The second-order valence-corrected chi connectivity index (χ2v) is 4.65. The lowest BCUT2D eigenvalue weighted by atomic mass is 10.3. The van der Waals surface area contributed by atoms with Crippen LogP contribution in [0.15, 0.2) is 6.07 Å². The van der Waals surface area contributed by atoms with Gasteiger partial charge in [-0.25, -0.2) is 0 Å². The molecule has 0 aliphatic carbocycles. The van der Waals surface area contributed by atoms with Crippen LogP contribution in [0.5, 0.6) is 0 Å². The van der Waals surface area contributed by atoms with Gasteiger partial charge in [-0.1, -0.05) is 37.0 Å². The van der Waals surface area contributed by atoms with E-state index in [2.05, 4.69) is 41.2 Å². The molecule has 0 bridgehead atoms. The van der Waals surface area contributed by atoms with Crippen molar-refractivity contribution < 1.29 is 0 Å². The minimum Gasteiger partial charge on any atom is -0.379 e. The summed E-state index contributed by atoms with van der Waals surface area (Å²) in [6.07, 6.45) is 0. The first-order chi connectivity index (χ1) is 8.06. The highest BCUT2D eigenvalue weighted by Gasteiger charge is 2.10. The molecule has 4 nitrogen and oxygen atoms in total. The fraction of sp³-hybridized carbons (Fsp3) is 0.636. The van der Waals surface area contributed by atoms with Gasteiger partial charge >= 0.3 is 0 Å². The molecule has 1 heterocycles. The normalized spacial score (nSPS) is 12.8. The van der Waals surface area contributed by atoms with Crippen molar-refractivity contribution in [3.05, 3.63) is 16.4 Å². The molecule has 6 heteroatoms. The molecule has 0 aliphatic rings. The molecule has 1 atom stereocenters. The molecule has 1 aromatic heterocycles. The minimum absolute atomic E-state index is 0.271. The first kappa shape index (κ1) is 14.5. The summed E-state index contributed by atoms with van der Waals surface area (Å²) in [5.41, 5.74) is 0.728. The Bertz CT molecular complexity index is 355. The maximum absolute atomic E-state index is 5.94. The van der Waals surface area contributed by atoms with Gasteiger partial charge < -0.3 is 10.2 Å². The van der Waals surface area contributed by atoms with E-state index in [0.29, 0.717) is 10.3 Å². The second kappa shape index (κ2) is 6.99. The van der Waals surface area contributed by atoms with Crippen molar-refractivity contribution in [1.82, 2.24) is 15.1 Å². The van der Waals surface area contributed by atoms with Crippen LogP contribution in [0.2, 0.25) is 10.3 Å². The van der Waals surface area contributed by atoms with Gasteiger partial charge in [-0.05, 0) is 20.0 Å². The summed E-state index contributed by atoms with van der Waals surface area (Å²) in [6, 6.07) is 1.96. The van der Waals surface area contributed by atoms with E-state index >= 15 is 0 Å². The first-order valence-electron chi connectivity index (χ1n) is 5.74. The fourth-order valence-electron chi connectivity index (χ4n) is 1.63. The highest BCUT2D eigenvalue weighted by molar-refractivity contribution is 6.33. The lowest BCUT2D eigenvalue weighted by molar-refractivity contribution is 0.295. The van der Waals surface area contributed by atoms with Crippen LogP contribution < -0.4 is 5.32 Å². The number of nitrogens with zero attached hydrogens (tertiary/aromatic N) is 3. The van der Waals surface area contributed by atoms with E-state index in [-0.39, 0.29) is 6.04 Å². The third-order valence-corrected chi connectivity index (χ3v) is 3.01. The molecule has 0 spiro atoms. The van der Waals surface area contributed by atoms with E-state index < -0.39 is 0 Å². The Morgan fingerprint density at radius 3 is 2.53 bits per heavy atom. The van der Waals surface area contributed by atoms with Gasteiger partial charge in [0, 0.05) is 18.7 Å². The largest absolute Gasteiger partial charge is 0.379 e. The highest BCUT2D eigenvalue weighted by Crippen LogP contribution is 2.21. The molecular weight excluding hydrogens is 259 g/mol. The Hall–Kier alpha value is -0.580. The van der Waals surface area contributed by atoms with Crippen LogP contribution in [0.1, 0.15) is 20.8 Å². The van der Waals surface area contributed by atoms with Crippen LogP contribution in [0, 0.1) is 0 Å². The van der Waals surface area contributed by atoms with Crippen LogP contribution in [-0.2, 0) is 0 Å².